The Kier molecular flexibility index (Phi) is 2.42. The van der Waals surface area contributed by atoms with Crippen LogP contribution in [0.2, 0.25) is 5.02 Å². The summed E-state index contributed by atoms with van der Waals surface area (Å²) in [5.41, 5.74) is 1.40. The van der Waals surface area contributed by atoms with Crippen LogP contribution in [-0.2, 0) is 0 Å². The van der Waals surface area contributed by atoms with E-state index in [9.17, 15) is 0 Å². The van der Waals surface area contributed by atoms with Crippen molar-refractivity contribution in [2.24, 2.45) is 5.92 Å². The molecule has 0 saturated heterocycles. The molecule has 1 saturated carbocycles. The predicted molar refractivity (Wildman–Crippen MR) is 56.1 cm³/mol. The first-order valence-electron chi connectivity index (χ1n) is 4.12. The van der Waals surface area contributed by atoms with E-state index in [0.29, 0.717) is 0 Å². The average molecular weight is 246 g/mol. The van der Waals surface area contributed by atoms with Crippen LogP contribution in [-0.4, -0.2) is 5.33 Å². The molecular weight excluding hydrogens is 235 g/mol. The molecule has 0 spiro atoms. The van der Waals surface area contributed by atoms with Crippen LogP contribution in [0.15, 0.2) is 24.3 Å². The minimum atomic E-state index is 0.753. The molecule has 0 heterocycles. The van der Waals surface area contributed by atoms with Crippen LogP contribution in [0.5, 0.6) is 0 Å². The number of hydrogen-bond acceptors (Lipinski definition) is 0. The molecule has 12 heavy (non-hydrogen) atoms. The van der Waals surface area contributed by atoms with Crippen molar-refractivity contribution in [3.8, 4) is 0 Å². The molecule has 2 rings (SSSR count). The monoisotopic (exact) mass is 244 g/mol. The zero-order valence-electron chi connectivity index (χ0n) is 6.63. The molecule has 0 aliphatic heterocycles. The highest BCUT2D eigenvalue weighted by molar-refractivity contribution is 9.09. The second-order valence-corrected chi connectivity index (χ2v) is 4.40. The maximum Gasteiger partial charge on any atom is 0.0408 e. The van der Waals surface area contributed by atoms with Crippen molar-refractivity contribution in [3.05, 3.63) is 34.9 Å². The Balaban J connectivity index is 2.14. The van der Waals surface area contributed by atoms with Crippen LogP contribution in [0.3, 0.4) is 0 Å². The predicted octanol–water partition coefficient (Wildman–Crippen LogP) is 3.84. The third kappa shape index (κ3) is 1.67. The second-order valence-electron chi connectivity index (χ2n) is 3.31. The lowest BCUT2D eigenvalue weighted by atomic mass is 10.1. The van der Waals surface area contributed by atoms with Gasteiger partial charge in [-0.25, -0.2) is 0 Å². The van der Waals surface area contributed by atoms with E-state index in [-0.39, 0.29) is 0 Å². The highest BCUT2D eigenvalue weighted by atomic mass is 79.9. The maximum absolute atomic E-state index is 5.90. The standard InChI is InChI=1S/C10H10BrCl/c11-6-8-5-10(8)7-2-1-3-9(12)4-7/h1-4,8,10H,5-6H2. The van der Waals surface area contributed by atoms with Crippen LogP contribution in [0.4, 0.5) is 0 Å². The van der Waals surface area contributed by atoms with E-state index in [4.69, 9.17) is 11.6 Å². The summed E-state index contributed by atoms with van der Waals surface area (Å²) in [5, 5.41) is 1.97. The molecular formula is C10H10BrCl. The van der Waals surface area contributed by atoms with Crippen molar-refractivity contribution in [2.45, 2.75) is 12.3 Å². The highest BCUT2D eigenvalue weighted by Gasteiger charge is 2.36. The molecule has 0 amide bonds. The van der Waals surface area contributed by atoms with Crippen molar-refractivity contribution in [1.29, 1.82) is 0 Å². The van der Waals surface area contributed by atoms with Crippen molar-refractivity contribution in [3.63, 3.8) is 0 Å². The van der Waals surface area contributed by atoms with E-state index >= 15 is 0 Å². The van der Waals surface area contributed by atoms with Gasteiger partial charge in [0.1, 0.15) is 0 Å². The Morgan fingerprint density at radius 2 is 2.33 bits per heavy atom. The van der Waals surface area contributed by atoms with Crippen LogP contribution in [0.1, 0.15) is 17.9 Å². The summed E-state index contributed by atoms with van der Waals surface area (Å²) in [4.78, 5) is 0. The van der Waals surface area contributed by atoms with Gasteiger partial charge in [-0.3, -0.25) is 0 Å². The summed E-state index contributed by atoms with van der Waals surface area (Å²) in [6.07, 6.45) is 1.31. The van der Waals surface area contributed by atoms with Gasteiger partial charge in [-0.1, -0.05) is 39.7 Å². The lowest BCUT2D eigenvalue weighted by molar-refractivity contribution is 0.937. The van der Waals surface area contributed by atoms with E-state index in [1.807, 2.05) is 12.1 Å². The van der Waals surface area contributed by atoms with Gasteiger partial charge in [-0.2, -0.15) is 0 Å². The van der Waals surface area contributed by atoms with Gasteiger partial charge in [0.2, 0.25) is 0 Å². The van der Waals surface area contributed by atoms with E-state index < -0.39 is 0 Å². The molecule has 1 fully saturated rings. The Morgan fingerprint density at radius 3 is 2.92 bits per heavy atom. The van der Waals surface area contributed by atoms with Crippen LogP contribution >= 0.6 is 27.5 Å². The van der Waals surface area contributed by atoms with Crippen LogP contribution in [0, 0.1) is 5.92 Å². The number of halogens is 2. The van der Waals surface area contributed by atoms with Gasteiger partial charge in [0.05, 0.1) is 0 Å². The molecule has 0 nitrogen and oxygen atoms in total. The Hall–Kier alpha value is -0.0100. The first-order chi connectivity index (χ1) is 5.81. The Morgan fingerprint density at radius 1 is 1.50 bits per heavy atom. The van der Waals surface area contributed by atoms with E-state index in [1.54, 1.807) is 0 Å². The van der Waals surface area contributed by atoms with Crippen LogP contribution < -0.4 is 0 Å². The minimum Gasteiger partial charge on any atom is -0.0925 e. The Labute approximate surface area is 86.1 Å². The van der Waals surface area contributed by atoms with Crippen molar-refractivity contribution < 1.29 is 0 Å². The molecule has 0 aromatic heterocycles. The Bertz CT molecular complexity index is 285. The smallest absolute Gasteiger partial charge is 0.0408 e. The van der Waals surface area contributed by atoms with Gasteiger partial charge in [-0.15, -0.1) is 0 Å². The second kappa shape index (κ2) is 3.39. The van der Waals surface area contributed by atoms with Gasteiger partial charge in [0.15, 0.2) is 0 Å². The third-order valence-corrected chi connectivity index (χ3v) is 3.46. The minimum absolute atomic E-state index is 0.753. The molecule has 1 aromatic rings. The number of benzene rings is 1. The highest BCUT2D eigenvalue weighted by Crippen LogP contribution is 2.48. The maximum atomic E-state index is 5.90. The number of rotatable bonds is 2. The zero-order valence-corrected chi connectivity index (χ0v) is 8.98. The summed E-state index contributed by atoms with van der Waals surface area (Å²) in [6.45, 7) is 0. The SMILES string of the molecule is Clc1cccc(C2CC2CBr)c1. The molecule has 64 valence electrons. The van der Waals surface area contributed by atoms with Crippen molar-refractivity contribution in [1.82, 2.24) is 0 Å². The fourth-order valence-electron chi connectivity index (χ4n) is 1.56. The summed E-state index contributed by atoms with van der Waals surface area (Å²) in [6, 6.07) is 8.20. The first kappa shape index (κ1) is 8.58. The van der Waals surface area contributed by atoms with E-state index in [1.165, 1.54) is 12.0 Å². The zero-order chi connectivity index (χ0) is 8.55. The lowest BCUT2D eigenvalue weighted by Crippen LogP contribution is -1.83. The van der Waals surface area contributed by atoms with Gasteiger partial charge in [0.25, 0.3) is 0 Å². The fourth-order valence-corrected chi connectivity index (χ4v) is 2.48. The van der Waals surface area contributed by atoms with E-state index in [0.717, 1.165) is 22.2 Å². The summed E-state index contributed by atoms with van der Waals surface area (Å²) in [7, 11) is 0. The molecule has 0 bridgehead atoms. The van der Waals surface area contributed by atoms with Gasteiger partial charge < -0.3 is 0 Å². The molecule has 1 aromatic carbocycles. The molecule has 2 heteroatoms. The summed E-state index contributed by atoms with van der Waals surface area (Å²) in [5.74, 6) is 1.59. The fraction of sp³-hybridized carbons (Fsp3) is 0.400. The van der Waals surface area contributed by atoms with Gasteiger partial charge in [-0.05, 0) is 36.0 Å². The summed E-state index contributed by atoms with van der Waals surface area (Å²) >= 11 is 9.40. The van der Waals surface area contributed by atoms with Gasteiger partial charge >= 0.3 is 0 Å². The molecule has 2 atom stereocenters. The molecule has 1 aliphatic carbocycles. The third-order valence-electron chi connectivity index (χ3n) is 2.40. The van der Waals surface area contributed by atoms with Crippen LogP contribution in [0.25, 0.3) is 0 Å². The number of alkyl halides is 1. The van der Waals surface area contributed by atoms with Crippen molar-refractivity contribution in [2.75, 3.05) is 5.33 Å². The normalized spacial score (nSPS) is 27.2. The summed E-state index contributed by atoms with van der Waals surface area (Å²) < 4.78 is 0. The molecule has 0 N–H and O–H groups in total. The number of hydrogen-bond donors (Lipinski definition) is 0. The first-order valence-corrected chi connectivity index (χ1v) is 5.62. The largest absolute Gasteiger partial charge is 0.0925 e. The van der Waals surface area contributed by atoms with E-state index in [2.05, 4.69) is 28.1 Å². The molecule has 0 radical (unpaired) electrons. The molecule has 2 unspecified atom stereocenters. The average Bonchev–Trinajstić information content (AvgIpc) is 2.83. The van der Waals surface area contributed by atoms with Crippen molar-refractivity contribution >= 4 is 27.5 Å². The quantitative estimate of drug-likeness (QED) is 0.695. The topological polar surface area (TPSA) is 0 Å². The lowest BCUT2D eigenvalue weighted by Gasteiger charge is -1.98. The molecule has 1 aliphatic rings. The van der Waals surface area contributed by atoms with Gasteiger partial charge in [0, 0.05) is 10.4 Å².